The quantitative estimate of drug-likeness (QED) is 0.614. The molecule has 4 aliphatic rings. The number of fused-ring (bicyclic) bond motifs is 1. The molecule has 0 spiro atoms. The number of carbonyl (C=O) groups is 1. The molecule has 2 atom stereocenters. The summed E-state index contributed by atoms with van der Waals surface area (Å²) in [7, 11) is 0. The smallest absolute Gasteiger partial charge is 0.222 e. The zero-order valence-corrected chi connectivity index (χ0v) is 18.9. The summed E-state index contributed by atoms with van der Waals surface area (Å²) >= 11 is 0. The Morgan fingerprint density at radius 3 is 2.87 bits per heavy atom. The molecule has 2 aliphatic heterocycles. The lowest BCUT2D eigenvalue weighted by Crippen LogP contribution is -2.39. The van der Waals surface area contributed by atoms with Crippen LogP contribution in [-0.4, -0.2) is 41.1 Å². The number of aliphatic hydroxyl groups is 1. The zero-order valence-electron chi connectivity index (χ0n) is 18.9. The van der Waals surface area contributed by atoms with Crippen LogP contribution < -0.4 is 5.32 Å². The molecule has 5 nitrogen and oxygen atoms in total. The van der Waals surface area contributed by atoms with Crippen molar-refractivity contribution in [3.05, 3.63) is 36.1 Å². The average molecular weight is 427 g/mol. The van der Waals surface area contributed by atoms with Crippen LogP contribution in [0.2, 0.25) is 0 Å². The first-order chi connectivity index (χ1) is 15.1. The summed E-state index contributed by atoms with van der Waals surface area (Å²) in [6.45, 7) is 4.23. The first-order valence-corrected chi connectivity index (χ1v) is 12.3. The molecular formula is C26H38N2O3. The molecule has 170 valence electrons. The fraction of sp³-hybridized carbons (Fsp3) is 0.654. The van der Waals surface area contributed by atoms with Crippen molar-refractivity contribution in [2.75, 3.05) is 13.1 Å². The SMILES string of the molecule is CC[C@@H](O)CC(=O)NC1CCC(CCN2CCCCC2c2coc3cccc-3c2)CC1. The van der Waals surface area contributed by atoms with Crippen LogP contribution in [0.4, 0.5) is 0 Å². The molecule has 1 saturated heterocycles. The van der Waals surface area contributed by atoms with E-state index in [9.17, 15) is 9.90 Å². The number of likely N-dealkylation sites (tertiary alicyclic amines) is 1. The summed E-state index contributed by atoms with van der Waals surface area (Å²) in [5.74, 6) is 1.72. The molecule has 1 amide bonds. The van der Waals surface area contributed by atoms with Gasteiger partial charge in [-0.15, -0.1) is 0 Å². The molecule has 0 aromatic heterocycles. The fourth-order valence-electron chi connectivity index (χ4n) is 5.39. The van der Waals surface area contributed by atoms with Gasteiger partial charge in [-0.2, -0.15) is 0 Å². The maximum atomic E-state index is 12.0. The molecule has 0 aromatic rings. The van der Waals surface area contributed by atoms with Crippen LogP contribution in [0.5, 0.6) is 0 Å². The molecule has 2 heterocycles. The molecule has 0 bridgehead atoms. The summed E-state index contributed by atoms with van der Waals surface area (Å²) in [6.07, 6.45) is 11.8. The van der Waals surface area contributed by atoms with Gasteiger partial charge >= 0.3 is 0 Å². The number of nitrogens with zero attached hydrogens (tertiary/aromatic N) is 1. The molecule has 31 heavy (non-hydrogen) atoms. The molecule has 5 heteroatoms. The van der Waals surface area contributed by atoms with E-state index in [0.29, 0.717) is 12.5 Å². The second kappa shape index (κ2) is 10.6. The number of amides is 1. The van der Waals surface area contributed by atoms with Gasteiger partial charge in [0, 0.05) is 23.2 Å². The number of aliphatic hydroxyl groups excluding tert-OH is 1. The van der Waals surface area contributed by atoms with Crippen molar-refractivity contribution in [1.82, 2.24) is 10.2 Å². The highest BCUT2D eigenvalue weighted by atomic mass is 16.3. The number of piperidine rings is 1. The van der Waals surface area contributed by atoms with Gasteiger partial charge in [0.15, 0.2) is 0 Å². The van der Waals surface area contributed by atoms with Gasteiger partial charge in [-0.05, 0) is 82.5 Å². The van der Waals surface area contributed by atoms with E-state index < -0.39 is 6.10 Å². The number of nitrogens with one attached hydrogen (secondary N) is 1. The standard InChI is InChI=1S/C26H38N2O3/c1-2-23(29)17-26(30)27-22-11-9-19(10-12-22)13-15-28-14-4-3-7-24(28)21-16-20-6-5-8-25(20)31-18-21/h5-6,8,16,18-19,22-24,29H,2-4,7,9-15,17H2,1H3,(H,27,30)/t19?,22?,23-,24?/m1/s1. The first-order valence-electron chi connectivity index (χ1n) is 12.3. The lowest BCUT2D eigenvalue weighted by molar-refractivity contribution is -0.124. The number of hydrogen-bond acceptors (Lipinski definition) is 4. The second-order valence-electron chi connectivity index (χ2n) is 9.61. The lowest BCUT2D eigenvalue weighted by Gasteiger charge is -2.37. The summed E-state index contributed by atoms with van der Waals surface area (Å²) in [4.78, 5) is 14.7. The Balaban J connectivity index is 1.25. The Kier molecular flexibility index (Phi) is 7.67. The summed E-state index contributed by atoms with van der Waals surface area (Å²) in [6, 6.07) is 9.29. The molecular weight excluding hydrogens is 388 g/mol. The highest BCUT2D eigenvalue weighted by Gasteiger charge is 2.28. The van der Waals surface area contributed by atoms with Crippen molar-refractivity contribution in [3.8, 4) is 11.3 Å². The molecule has 2 aliphatic carbocycles. The molecule has 2 N–H and O–H groups in total. The van der Waals surface area contributed by atoms with Crippen LogP contribution in [0.15, 0.2) is 34.9 Å². The van der Waals surface area contributed by atoms with E-state index in [-0.39, 0.29) is 18.4 Å². The van der Waals surface area contributed by atoms with E-state index in [2.05, 4.69) is 28.4 Å². The van der Waals surface area contributed by atoms with Crippen LogP contribution in [0.1, 0.15) is 82.7 Å². The van der Waals surface area contributed by atoms with Crippen molar-refractivity contribution in [3.63, 3.8) is 0 Å². The van der Waals surface area contributed by atoms with E-state index in [1.54, 1.807) is 0 Å². The summed E-state index contributed by atoms with van der Waals surface area (Å²) in [5, 5.41) is 12.8. The maximum absolute atomic E-state index is 12.0. The van der Waals surface area contributed by atoms with E-state index in [1.165, 1.54) is 56.2 Å². The number of rotatable bonds is 8. The van der Waals surface area contributed by atoms with E-state index in [4.69, 9.17) is 4.42 Å². The van der Waals surface area contributed by atoms with Crippen LogP contribution in [0.3, 0.4) is 0 Å². The van der Waals surface area contributed by atoms with Gasteiger partial charge in [-0.3, -0.25) is 9.69 Å². The van der Waals surface area contributed by atoms with Gasteiger partial charge < -0.3 is 14.8 Å². The Bertz CT molecular complexity index is 796. The van der Waals surface area contributed by atoms with Crippen LogP contribution in [-0.2, 0) is 4.79 Å². The van der Waals surface area contributed by atoms with Crippen molar-refractivity contribution in [1.29, 1.82) is 0 Å². The number of carbonyl (C=O) groups excluding carboxylic acids is 1. The largest absolute Gasteiger partial charge is 0.464 e. The van der Waals surface area contributed by atoms with Crippen LogP contribution in [0, 0.1) is 5.92 Å². The predicted molar refractivity (Wildman–Crippen MR) is 123 cm³/mol. The lowest BCUT2D eigenvalue weighted by atomic mass is 9.83. The molecule has 1 unspecified atom stereocenters. The molecule has 1 saturated carbocycles. The van der Waals surface area contributed by atoms with Gasteiger partial charge in [-0.25, -0.2) is 0 Å². The molecule has 4 rings (SSSR count). The van der Waals surface area contributed by atoms with E-state index >= 15 is 0 Å². The molecule has 0 radical (unpaired) electrons. The van der Waals surface area contributed by atoms with Crippen molar-refractivity contribution >= 4 is 5.91 Å². The molecule has 0 aromatic carbocycles. The average Bonchev–Trinajstić information content (AvgIpc) is 3.26. The normalized spacial score (nSPS) is 26.1. The van der Waals surface area contributed by atoms with E-state index in [1.807, 2.05) is 19.3 Å². The Hall–Kier alpha value is -1.85. The Morgan fingerprint density at radius 1 is 1.23 bits per heavy atom. The zero-order chi connectivity index (χ0) is 21.6. The number of hydrogen-bond donors (Lipinski definition) is 2. The van der Waals surface area contributed by atoms with Gasteiger partial charge in [0.05, 0.1) is 18.8 Å². The van der Waals surface area contributed by atoms with Gasteiger partial charge in [0.2, 0.25) is 5.91 Å². The van der Waals surface area contributed by atoms with Crippen molar-refractivity contribution in [2.24, 2.45) is 5.92 Å². The van der Waals surface area contributed by atoms with Gasteiger partial charge in [0.25, 0.3) is 0 Å². The third kappa shape index (κ3) is 5.89. The maximum Gasteiger partial charge on any atom is 0.222 e. The van der Waals surface area contributed by atoms with E-state index in [0.717, 1.165) is 31.1 Å². The molecule has 2 fully saturated rings. The summed E-state index contributed by atoms with van der Waals surface area (Å²) in [5.41, 5.74) is 2.52. The van der Waals surface area contributed by atoms with Gasteiger partial charge in [0.1, 0.15) is 5.76 Å². The first kappa shape index (κ1) is 22.3. The monoisotopic (exact) mass is 426 g/mol. The Morgan fingerprint density at radius 2 is 2.06 bits per heavy atom. The highest BCUT2D eigenvalue weighted by Crippen LogP contribution is 2.36. The van der Waals surface area contributed by atoms with Crippen molar-refractivity contribution in [2.45, 2.75) is 89.3 Å². The fourth-order valence-corrected chi connectivity index (χ4v) is 5.39. The minimum absolute atomic E-state index is 0.00108. The highest BCUT2D eigenvalue weighted by molar-refractivity contribution is 5.76. The Labute approximate surface area is 186 Å². The third-order valence-corrected chi connectivity index (χ3v) is 7.38. The van der Waals surface area contributed by atoms with Crippen LogP contribution in [0.25, 0.3) is 11.3 Å². The second-order valence-corrected chi connectivity index (χ2v) is 9.61. The van der Waals surface area contributed by atoms with Gasteiger partial charge in [-0.1, -0.05) is 25.5 Å². The summed E-state index contributed by atoms with van der Waals surface area (Å²) < 4.78 is 5.88. The van der Waals surface area contributed by atoms with Crippen molar-refractivity contribution < 1.29 is 14.3 Å². The minimum Gasteiger partial charge on any atom is -0.464 e. The third-order valence-electron chi connectivity index (χ3n) is 7.38. The minimum atomic E-state index is -0.513. The topological polar surface area (TPSA) is 65.7 Å². The predicted octanol–water partition coefficient (Wildman–Crippen LogP) is 5.14. The van der Waals surface area contributed by atoms with Crippen LogP contribution >= 0.6 is 0 Å².